The third kappa shape index (κ3) is 2.49. The van der Waals surface area contributed by atoms with E-state index in [1.807, 2.05) is 32.0 Å². The molecule has 2 aromatic heterocycles. The first-order valence-corrected chi connectivity index (χ1v) is 7.84. The Kier molecular flexibility index (Phi) is 4.11. The van der Waals surface area contributed by atoms with Crippen LogP contribution in [0.4, 0.5) is 5.82 Å². The van der Waals surface area contributed by atoms with Crippen LogP contribution in [0.15, 0.2) is 29.1 Å². The number of methoxy groups -OCH3 is 1. The Hall–Kier alpha value is -3.04. The number of ether oxygens (including phenoxy) is 1. The van der Waals surface area contributed by atoms with Crippen LogP contribution in [-0.4, -0.2) is 16.7 Å². The number of nitrogens with two attached hydrogens (primary N) is 1. The molecule has 25 heavy (non-hydrogen) atoms. The maximum absolute atomic E-state index is 13.1. The Morgan fingerprint density at radius 2 is 2.00 bits per heavy atom. The molecule has 7 heteroatoms. The van der Waals surface area contributed by atoms with E-state index in [2.05, 4.69) is 4.98 Å². The average molecular weight is 355 g/mol. The molecule has 0 aliphatic heterocycles. The zero-order valence-corrected chi connectivity index (χ0v) is 14.7. The van der Waals surface area contributed by atoms with Gasteiger partial charge in [-0.1, -0.05) is 17.7 Å². The summed E-state index contributed by atoms with van der Waals surface area (Å²) >= 11 is 5.91. The number of halogens is 1. The van der Waals surface area contributed by atoms with E-state index in [1.54, 1.807) is 13.2 Å². The highest BCUT2D eigenvalue weighted by Gasteiger charge is 2.20. The maximum Gasteiger partial charge on any atom is 0.266 e. The molecule has 0 unspecified atom stereocenters. The number of nitriles is 1. The molecule has 0 bridgehead atoms. The fourth-order valence-corrected chi connectivity index (χ4v) is 3.12. The van der Waals surface area contributed by atoms with E-state index in [0.29, 0.717) is 11.4 Å². The lowest BCUT2D eigenvalue weighted by Crippen LogP contribution is -2.25. The first-order chi connectivity index (χ1) is 11.9. The van der Waals surface area contributed by atoms with Gasteiger partial charge in [0.2, 0.25) is 0 Å². The van der Waals surface area contributed by atoms with Crippen molar-refractivity contribution in [2.45, 2.75) is 13.8 Å². The average Bonchev–Trinajstić information content (AvgIpc) is 2.58. The van der Waals surface area contributed by atoms with Crippen LogP contribution >= 0.6 is 11.6 Å². The standard InChI is InChI=1S/C18H15ClN4O2/c1-9-4-6-13(25-3)10(2)16(9)23-17(21)12(8-20)15-11(18(23)24)5-7-14(19)22-15/h4-7H,21H2,1-3H3. The topological polar surface area (TPSA) is 93.9 Å². The second-order valence-corrected chi connectivity index (χ2v) is 5.99. The molecule has 0 atom stereocenters. The Morgan fingerprint density at radius 1 is 1.28 bits per heavy atom. The number of nitrogen functional groups attached to an aromatic ring is 1. The molecule has 0 aliphatic carbocycles. The summed E-state index contributed by atoms with van der Waals surface area (Å²) in [6.07, 6.45) is 0. The molecule has 0 saturated heterocycles. The number of rotatable bonds is 2. The van der Waals surface area contributed by atoms with Crippen LogP contribution < -0.4 is 16.0 Å². The fourth-order valence-electron chi connectivity index (χ4n) is 2.98. The highest BCUT2D eigenvalue weighted by molar-refractivity contribution is 6.29. The Labute approximate surface area is 149 Å². The van der Waals surface area contributed by atoms with Gasteiger partial charge in [-0.25, -0.2) is 4.98 Å². The number of anilines is 1. The van der Waals surface area contributed by atoms with E-state index < -0.39 is 0 Å². The lowest BCUT2D eigenvalue weighted by atomic mass is 10.1. The Bertz CT molecular complexity index is 1110. The van der Waals surface area contributed by atoms with Gasteiger partial charge >= 0.3 is 0 Å². The lowest BCUT2D eigenvalue weighted by molar-refractivity contribution is 0.411. The van der Waals surface area contributed by atoms with Crippen LogP contribution in [0.25, 0.3) is 16.6 Å². The molecule has 6 nitrogen and oxygen atoms in total. The van der Waals surface area contributed by atoms with E-state index in [9.17, 15) is 10.1 Å². The molecule has 1 aromatic carbocycles. The van der Waals surface area contributed by atoms with Gasteiger partial charge in [0.1, 0.15) is 28.4 Å². The van der Waals surface area contributed by atoms with Crippen LogP contribution in [0.1, 0.15) is 16.7 Å². The summed E-state index contributed by atoms with van der Waals surface area (Å²) in [6.45, 7) is 3.70. The van der Waals surface area contributed by atoms with Crippen molar-refractivity contribution >= 4 is 28.3 Å². The van der Waals surface area contributed by atoms with Crippen molar-refractivity contribution in [2.24, 2.45) is 0 Å². The SMILES string of the molecule is COc1ccc(C)c(-n2c(N)c(C#N)c3nc(Cl)ccc3c2=O)c1C. The fraction of sp³-hybridized carbons (Fsp3) is 0.167. The zero-order valence-electron chi connectivity index (χ0n) is 13.9. The van der Waals surface area contributed by atoms with E-state index in [0.717, 1.165) is 11.1 Å². The third-order valence-electron chi connectivity index (χ3n) is 4.17. The summed E-state index contributed by atoms with van der Waals surface area (Å²) in [4.78, 5) is 17.2. The molecule has 0 aliphatic rings. The minimum atomic E-state index is -0.366. The van der Waals surface area contributed by atoms with E-state index in [-0.39, 0.29) is 33.0 Å². The number of pyridine rings is 2. The van der Waals surface area contributed by atoms with Crippen LogP contribution in [0, 0.1) is 25.2 Å². The van der Waals surface area contributed by atoms with Crippen LogP contribution in [-0.2, 0) is 0 Å². The van der Waals surface area contributed by atoms with Crippen molar-refractivity contribution in [3.8, 4) is 17.5 Å². The van der Waals surface area contributed by atoms with Crippen molar-refractivity contribution in [3.63, 3.8) is 0 Å². The van der Waals surface area contributed by atoms with E-state index in [4.69, 9.17) is 22.1 Å². The Balaban J connectivity index is 2.54. The summed E-state index contributed by atoms with van der Waals surface area (Å²) in [5.74, 6) is 0.647. The molecular formula is C18H15ClN4O2. The minimum Gasteiger partial charge on any atom is -0.496 e. The van der Waals surface area contributed by atoms with Gasteiger partial charge in [0.05, 0.1) is 23.7 Å². The molecular weight excluding hydrogens is 340 g/mol. The number of hydrogen-bond acceptors (Lipinski definition) is 5. The normalized spacial score (nSPS) is 10.7. The first kappa shape index (κ1) is 16.8. The molecule has 0 spiro atoms. The van der Waals surface area contributed by atoms with Crippen molar-refractivity contribution in [3.05, 3.63) is 56.5 Å². The largest absolute Gasteiger partial charge is 0.496 e. The molecule has 0 radical (unpaired) electrons. The van der Waals surface area contributed by atoms with Crippen molar-refractivity contribution < 1.29 is 4.74 Å². The van der Waals surface area contributed by atoms with Gasteiger partial charge in [0.15, 0.2) is 0 Å². The number of fused-ring (bicyclic) bond motifs is 1. The summed E-state index contributed by atoms with van der Waals surface area (Å²) < 4.78 is 6.69. The highest BCUT2D eigenvalue weighted by Crippen LogP contribution is 2.30. The summed E-state index contributed by atoms with van der Waals surface area (Å²) in [6, 6.07) is 8.75. The predicted octanol–water partition coefficient (Wildman–Crippen LogP) is 3.12. The van der Waals surface area contributed by atoms with Gasteiger partial charge < -0.3 is 10.5 Å². The minimum absolute atomic E-state index is 0.0224. The van der Waals surface area contributed by atoms with Crippen LogP contribution in [0.5, 0.6) is 5.75 Å². The van der Waals surface area contributed by atoms with Gasteiger partial charge in [-0.05, 0) is 37.6 Å². The summed E-state index contributed by atoms with van der Waals surface area (Å²) in [5, 5.41) is 10.0. The molecule has 3 aromatic rings. The monoisotopic (exact) mass is 354 g/mol. The van der Waals surface area contributed by atoms with E-state index in [1.165, 1.54) is 10.6 Å². The van der Waals surface area contributed by atoms with Gasteiger partial charge in [-0.2, -0.15) is 5.26 Å². The summed E-state index contributed by atoms with van der Waals surface area (Å²) in [5.41, 5.74) is 8.31. The third-order valence-corrected chi connectivity index (χ3v) is 4.38. The first-order valence-electron chi connectivity index (χ1n) is 7.46. The predicted molar refractivity (Wildman–Crippen MR) is 97.5 cm³/mol. The van der Waals surface area contributed by atoms with Gasteiger partial charge in [-0.15, -0.1) is 0 Å². The molecule has 2 N–H and O–H groups in total. The number of aromatic nitrogens is 2. The molecule has 2 heterocycles. The molecule has 0 fully saturated rings. The van der Waals surface area contributed by atoms with Gasteiger partial charge in [0.25, 0.3) is 5.56 Å². The Morgan fingerprint density at radius 3 is 2.64 bits per heavy atom. The second-order valence-electron chi connectivity index (χ2n) is 5.60. The molecule has 0 saturated carbocycles. The number of hydrogen-bond donors (Lipinski definition) is 1. The zero-order chi connectivity index (χ0) is 18.3. The second kappa shape index (κ2) is 6.11. The molecule has 3 rings (SSSR count). The number of aryl methyl sites for hydroxylation is 1. The lowest BCUT2D eigenvalue weighted by Gasteiger charge is -2.19. The van der Waals surface area contributed by atoms with Crippen LogP contribution in [0.2, 0.25) is 5.15 Å². The van der Waals surface area contributed by atoms with E-state index >= 15 is 0 Å². The molecule has 126 valence electrons. The van der Waals surface area contributed by atoms with Crippen molar-refractivity contribution in [1.29, 1.82) is 5.26 Å². The van der Waals surface area contributed by atoms with Crippen molar-refractivity contribution in [2.75, 3.05) is 12.8 Å². The van der Waals surface area contributed by atoms with Gasteiger partial charge in [-0.3, -0.25) is 9.36 Å². The van der Waals surface area contributed by atoms with Gasteiger partial charge in [0, 0.05) is 5.56 Å². The van der Waals surface area contributed by atoms with Crippen molar-refractivity contribution in [1.82, 2.24) is 9.55 Å². The highest BCUT2D eigenvalue weighted by atomic mass is 35.5. The summed E-state index contributed by atoms with van der Waals surface area (Å²) in [7, 11) is 1.56. The maximum atomic E-state index is 13.1. The van der Waals surface area contributed by atoms with Crippen LogP contribution in [0.3, 0.4) is 0 Å². The number of nitrogens with zero attached hydrogens (tertiary/aromatic N) is 3. The quantitative estimate of drug-likeness (QED) is 0.713. The number of benzene rings is 1. The molecule has 0 amide bonds. The smallest absolute Gasteiger partial charge is 0.266 e.